The quantitative estimate of drug-likeness (QED) is 0.153. The van der Waals surface area contributed by atoms with Crippen molar-refractivity contribution in [2.24, 2.45) is 7.05 Å². The number of thiophene rings is 1. The summed E-state index contributed by atoms with van der Waals surface area (Å²) < 4.78 is 35.5. The number of carbonyl (C=O) groups is 1. The van der Waals surface area contributed by atoms with E-state index in [4.69, 9.17) is 21.3 Å². The molecular weight excluding hydrogens is 596 g/mol. The number of hydrogen-bond acceptors (Lipinski definition) is 8. The Kier molecular flexibility index (Phi) is 8.78. The number of rotatable bonds is 11. The Labute approximate surface area is 252 Å². The first kappa shape index (κ1) is 29.5. The molecule has 3 N–H and O–H groups in total. The lowest BCUT2D eigenvalue weighted by Crippen LogP contribution is -2.34. The van der Waals surface area contributed by atoms with Gasteiger partial charge in [0.25, 0.3) is 5.91 Å². The van der Waals surface area contributed by atoms with Crippen LogP contribution in [0.2, 0.25) is 4.34 Å². The van der Waals surface area contributed by atoms with Gasteiger partial charge in [-0.25, -0.2) is 18.1 Å². The molecule has 218 valence electrons. The van der Waals surface area contributed by atoms with E-state index in [0.717, 1.165) is 28.1 Å². The topological polar surface area (TPSA) is 127 Å². The zero-order valence-corrected chi connectivity index (χ0v) is 25.5. The van der Waals surface area contributed by atoms with Crippen molar-refractivity contribution in [3.63, 3.8) is 0 Å². The van der Waals surface area contributed by atoms with Crippen molar-refractivity contribution in [1.82, 2.24) is 24.6 Å². The van der Waals surface area contributed by atoms with Crippen LogP contribution >= 0.6 is 22.9 Å². The Morgan fingerprint density at radius 1 is 1.05 bits per heavy atom. The number of nitrogens with one attached hydrogen (secondary N) is 3. The molecule has 0 atom stereocenters. The van der Waals surface area contributed by atoms with Crippen LogP contribution in [-0.4, -0.2) is 41.9 Å². The predicted molar refractivity (Wildman–Crippen MR) is 166 cm³/mol. The third-order valence-electron chi connectivity index (χ3n) is 6.38. The Balaban J connectivity index is 1.21. The molecule has 0 aliphatic heterocycles. The fourth-order valence-corrected chi connectivity index (χ4v) is 6.72. The minimum atomic E-state index is -3.69. The fourth-order valence-electron chi connectivity index (χ4n) is 4.16. The van der Waals surface area contributed by atoms with Crippen LogP contribution < -0.4 is 20.1 Å². The van der Waals surface area contributed by atoms with Gasteiger partial charge in [-0.05, 0) is 53.9 Å². The number of hydrogen-bond donors (Lipinski definition) is 3. The van der Waals surface area contributed by atoms with Crippen LogP contribution in [0.3, 0.4) is 0 Å². The molecule has 0 aliphatic carbocycles. The van der Waals surface area contributed by atoms with Gasteiger partial charge in [-0.3, -0.25) is 9.78 Å². The van der Waals surface area contributed by atoms with Crippen LogP contribution in [0.15, 0.2) is 77.1 Å². The number of anilines is 2. The number of pyridine rings is 1. The molecular formula is C29H29ClN6O4S2. The lowest BCUT2D eigenvalue weighted by molar-refractivity contribution is 0.0949. The Morgan fingerprint density at radius 3 is 2.62 bits per heavy atom. The second kappa shape index (κ2) is 12.5. The molecule has 0 saturated heterocycles. The van der Waals surface area contributed by atoms with Crippen LogP contribution in [0.5, 0.6) is 11.5 Å². The lowest BCUT2D eigenvalue weighted by Gasteiger charge is -2.10. The van der Waals surface area contributed by atoms with E-state index in [9.17, 15) is 13.2 Å². The first-order valence-electron chi connectivity index (χ1n) is 13.1. The van der Waals surface area contributed by atoms with Crippen molar-refractivity contribution in [2.75, 3.05) is 18.4 Å². The Bertz CT molecular complexity index is 1850. The van der Waals surface area contributed by atoms with Gasteiger partial charge in [0.15, 0.2) is 0 Å². The highest BCUT2D eigenvalue weighted by Gasteiger charge is 2.17. The number of amides is 1. The van der Waals surface area contributed by atoms with E-state index in [1.54, 1.807) is 6.07 Å². The normalized spacial score (nSPS) is 11.6. The number of nitrogens with zero attached hydrogens (tertiary/aromatic N) is 3. The number of fused-ring (bicyclic) bond motifs is 1. The molecule has 2 aromatic carbocycles. The summed E-state index contributed by atoms with van der Waals surface area (Å²) in [6.45, 7) is 4.39. The molecule has 0 spiro atoms. The molecule has 42 heavy (non-hydrogen) atoms. The highest BCUT2D eigenvalue weighted by Crippen LogP contribution is 2.29. The fraction of sp³-hybridized carbons (Fsp3) is 0.207. The number of aromatic nitrogens is 3. The van der Waals surface area contributed by atoms with Gasteiger partial charge in [-0.1, -0.05) is 37.6 Å². The van der Waals surface area contributed by atoms with E-state index in [1.165, 1.54) is 30.0 Å². The molecule has 0 radical (unpaired) electrons. The van der Waals surface area contributed by atoms with E-state index in [0.29, 0.717) is 27.7 Å². The molecule has 13 heteroatoms. The van der Waals surface area contributed by atoms with Gasteiger partial charge in [0.05, 0.1) is 15.4 Å². The molecule has 3 heterocycles. The summed E-state index contributed by atoms with van der Waals surface area (Å²) in [5, 5.41) is 6.06. The van der Waals surface area contributed by atoms with Crippen LogP contribution in [0.1, 0.15) is 35.8 Å². The summed E-state index contributed by atoms with van der Waals surface area (Å²) in [4.78, 5) is 21.5. The standard InChI is InChI=1S/C29H29ClN6O4S2/c1-18(2)19-5-4-6-20(15-19)34-29-35-23-16-21(7-8-25(23)36(29)3)40-22-11-12-31-24(17-22)28(37)32-13-14-33-42(38,39)27-10-9-26(30)41-27/h4-12,15-18,33H,13-14H2,1-3H3,(H,32,37)(H,34,35). The van der Waals surface area contributed by atoms with Gasteiger partial charge in [0, 0.05) is 44.2 Å². The first-order valence-corrected chi connectivity index (χ1v) is 15.8. The largest absolute Gasteiger partial charge is 0.457 e. The van der Waals surface area contributed by atoms with Crippen molar-refractivity contribution in [2.45, 2.75) is 24.0 Å². The van der Waals surface area contributed by atoms with Gasteiger partial charge in [-0.15, -0.1) is 11.3 Å². The number of halogens is 1. The van der Waals surface area contributed by atoms with Crippen molar-refractivity contribution in [3.8, 4) is 11.5 Å². The minimum absolute atomic E-state index is 0.00385. The highest BCUT2D eigenvalue weighted by atomic mass is 35.5. The molecule has 3 aromatic heterocycles. The van der Waals surface area contributed by atoms with Gasteiger partial charge in [0.2, 0.25) is 16.0 Å². The van der Waals surface area contributed by atoms with Crippen molar-refractivity contribution in [3.05, 3.63) is 88.5 Å². The number of ether oxygens (including phenoxy) is 1. The van der Waals surface area contributed by atoms with Crippen molar-refractivity contribution < 1.29 is 17.9 Å². The molecule has 0 fully saturated rings. The minimum Gasteiger partial charge on any atom is -0.457 e. The van der Waals surface area contributed by atoms with Gasteiger partial charge in [-0.2, -0.15) is 0 Å². The summed E-state index contributed by atoms with van der Waals surface area (Å²) in [7, 11) is -1.75. The monoisotopic (exact) mass is 624 g/mol. The number of aryl methyl sites for hydroxylation is 1. The van der Waals surface area contributed by atoms with Gasteiger partial charge >= 0.3 is 0 Å². The van der Waals surface area contributed by atoms with E-state index < -0.39 is 15.9 Å². The maximum absolute atomic E-state index is 12.6. The Hall–Kier alpha value is -3.97. The maximum Gasteiger partial charge on any atom is 0.270 e. The number of carbonyl (C=O) groups excluding carboxylic acids is 1. The summed E-state index contributed by atoms with van der Waals surface area (Å²) in [5.74, 6) is 1.63. The second-order valence-electron chi connectivity index (χ2n) is 9.74. The van der Waals surface area contributed by atoms with Crippen LogP contribution in [-0.2, 0) is 17.1 Å². The van der Waals surface area contributed by atoms with Crippen LogP contribution in [0.25, 0.3) is 11.0 Å². The van der Waals surface area contributed by atoms with E-state index >= 15 is 0 Å². The smallest absolute Gasteiger partial charge is 0.270 e. The van der Waals surface area contributed by atoms with E-state index in [1.807, 2.05) is 41.9 Å². The molecule has 0 bridgehead atoms. The summed E-state index contributed by atoms with van der Waals surface area (Å²) in [6, 6.07) is 20.0. The highest BCUT2D eigenvalue weighted by molar-refractivity contribution is 7.91. The Morgan fingerprint density at radius 2 is 1.86 bits per heavy atom. The third-order valence-corrected chi connectivity index (χ3v) is 9.56. The summed E-state index contributed by atoms with van der Waals surface area (Å²) in [5.41, 5.74) is 4.01. The van der Waals surface area contributed by atoms with Crippen LogP contribution in [0.4, 0.5) is 11.6 Å². The second-order valence-corrected chi connectivity index (χ2v) is 13.5. The van der Waals surface area contributed by atoms with Crippen molar-refractivity contribution in [1.29, 1.82) is 0 Å². The van der Waals surface area contributed by atoms with Crippen molar-refractivity contribution >= 4 is 61.5 Å². The molecule has 1 amide bonds. The average Bonchev–Trinajstić information content (AvgIpc) is 3.54. The number of imidazole rings is 1. The zero-order valence-electron chi connectivity index (χ0n) is 23.1. The average molecular weight is 625 g/mol. The SMILES string of the molecule is CC(C)c1cccc(Nc2nc3cc(Oc4ccnc(C(=O)NCCNS(=O)(=O)c5ccc(Cl)s5)c4)ccc3n2C)c1. The van der Waals surface area contributed by atoms with Gasteiger partial charge < -0.3 is 19.9 Å². The number of benzene rings is 2. The molecule has 0 unspecified atom stereocenters. The molecule has 10 nitrogen and oxygen atoms in total. The lowest BCUT2D eigenvalue weighted by atomic mass is 10.0. The summed E-state index contributed by atoms with van der Waals surface area (Å²) >= 11 is 6.78. The summed E-state index contributed by atoms with van der Waals surface area (Å²) in [6.07, 6.45) is 1.47. The third kappa shape index (κ3) is 6.90. The predicted octanol–water partition coefficient (Wildman–Crippen LogP) is 6.05. The molecule has 5 aromatic rings. The van der Waals surface area contributed by atoms with Crippen LogP contribution in [0, 0.1) is 0 Å². The first-order chi connectivity index (χ1) is 20.1. The zero-order chi connectivity index (χ0) is 29.9. The van der Waals surface area contributed by atoms with E-state index in [2.05, 4.69) is 46.3 Å². The molecule has 0 aliphatic rings. The molecule has 0 saturated carbocycles. The number of sulfonamides is 1. The molecule has 5 rings (SSSR count). The van der Waals surface area contributed by atoms with E-state index in [-0.39, 0.29) is 23.0 Å². The van der Waals surface area contributed by atoms with Gasteiger partial charge in [0.1, 0.15) is 21.4 Å². The maximum atomic E-state index is 12.6.